The predicted octanol–water partition coefficient (Wildman–Crippen LogP) is 2.49. The number of furan rings is 1. The van der Waals surface area contributed by atoms with Gasteiger partial charge in [-0.15, -0.1) is 0 Å². The van der Waals surface area contributed by atoms with Crippen LogP contribution in [0.15, 0.2) is 47.1 Å². The number of nitrogens with one attached hydrogen (secondary N) is 1. The first-order valence-corrected chi connectivity index (χ1v) is 11.3. The molecule has 1 amide bonds. The van der Waals surface area contributed by atoms with E-state index >= 15 is 0 Å². The van der Waals surface area contributed by atoms with Crippen molar-refractivity contribution >= 4 is 33.4 Å². The maximum Gasteiger partial charge on any atom is 0.243 e. The summed E-state index contributed by atoms with van der Waals surface area (Å²) in [7, 11) is -2.15. The standard InChI is InChI=1S/C18H24N2O5S2/c1-14(18(21)19-9-11-26-13-17-8-5-10-25-17)20(27(3,22)23)15-6-4-7-16(12-15)24-2/h4-8,10,12,14H,9,11,13H2,1-3H3,(H,19,21)/t14-/m1/s1. The van der Waals surface area contributed by atoms with Crippen molar-refractivity contribution in [1.29, 1.82) is 0 Å². The van der Waals surface area contributed by atoms with Crippen LogP contribution in [-0.2, 0) is 20.6 Å². The molecule has 0 unspecified atom stereocenters. The third-order valence-corrected chi connectivity index (χ3v) is 5.99. The number of carbonyl (C=O) groups excluding carboxylic acids is 1. The highest BCUT2D eigenvalue weighted by atomic mass is 32.2. The Balaban J connectivity index is 1.95. The van der Waals surface area contributed by atoms with E-state index in [1.54, 1.807) is 49.2 Å². The Labute approximate surface area is 164 Å². The highest BCUT2D eigenvalue weighted by Crippen LogP contribution is 2.25. The summed E-state index contributed by atoms with van der Waals surface area (Å²) in [4.78, 5) is 12.5. The topological polar surface area (TPSA) is 88.8 Å². The molecule has 1 aromatic heterocycles. The maximum absolute atomic E-state index is 12.5. The molecule has 0 bridgehead atoms. The lowest BCUT2D eigenvalue weighted by molar-refractivity contribution is -0.121. The molecule has 148 valence electrons. The number of ether oxygens (including phenoxy) is 1. The number of hydrogen-bond donors (Lipinski definition) is 1. The fourth-order valence-electron chi connectivity index (χ4n) is 2.52. The van der Waals surface area contributed by atoms with Gasteiger partial charge in [-0.2, -0.15) is 11.8 Å². The largest absolute Gasteiger partial charge is 0.497 e. The molecule has 7 nitrogen and oxygen atoms in total. The molecule has 0 saturated heterocycles. The van der Waals surface area contributed by atoms with E-state index in [2.05, 4.69) is 5.32 Å². The molecule has 0 aliphatic carbocycles. The Morgan fingerprint density at radius 3 is 2.74 bits per heavy atom. The van der Waals surface area contributed by atoms with Crippen LogP contribution in [0.2, 0.25) is 0 Å². The van der Waals surface area contributed by atoms with Crippen molar-refractivity contribution in [2.24, 2.45) is 0 Å². The first-order valence-electron chi connectivity index (χ1n) is 8.34. The number of rotatable bonds is 10. The van der Waals surface area contributed by atoms with E-state index < -0.39 is 16.1 Å². The molecule has 0 saturated carbocycles. The second-order valence-corrected chi connectivity index (χ2v) is 8.82. The summed E-state index contributed by atoms with van der Waals surface area (Å²) < 4.78 is 36.0. The summed E-state index contributed by atoms with van der Waals surface area (Å²) in [6.07, 6.45) is 2.70. The average Bonchev–Trinajstić information content (AvgIpc) is 3.13. The highest BCUT2D eigenvalue weighted by Gasteiger charge is 2.29. The monoisotopic (exact) mass is 412 g/mol. The van der Waals surface area contributed by atoms with Crippen molar-refractivity contribution < 1.29 is 22.4 Å². The Hall–Kier alpha value is -2.13. The van der Waals surface area contributed by atoms with Gasteiger partial charge in [0.15, 0.2) is 0 Å². The summed E-state index contributed by atoms with van der Waals surface area (Å²) in [6.45, 7) is 2.00. The fraction of sp³-hybridized carbons (Fsp3) is 0.389. The molecule has 9 heteroatoms. The third kappa shape index (κ3) is 6.21. The molecule has 1 atom stereocenters. The van der Waals surface area contributed by atoms with Crippen LogP contribution in [0.25, 0.3) is 0 Å². The SMILES string of the molecule is COc1cccc(N([C@H](C)C(=O)NCCSCc2ccco2)S(C)(=O)=O)c1. The molecule has 0 aliphatic rings. The van der Waals surface area contributed by atoms with Crippen LogP contribution in [0.4, 0.5) is 5.69 Å². The zero-order valence-corrected chi connectivity index (χ0v) is 17.2. The molecule has 27 heavy (non-hydrogen) atoms. The molecular formula is C18H24N2O5S2. The second-order valence-electron chi connectivity index (χ2n) is 5.86. The molecule has 0 spiro atoms. The molecule has 0 fully saturated rings. The van der Waals surface area contributed by atoms with E-state index in [0.717, 1.165) is 22.1 Å². The number of nitrogens with zero attached hydrogens (tertiary/aromatic N) is 1. The zero-order valence-electron chi connectivity index (χ0n) is 15.5. The molecule has 1 heterocycles. The minimum Gasteiger partial charge on any atom is -0.497 e. The van der Waals surface area contributed by atoms with Gasteiger partial charge in [0.25, 0.3) is 0 Å². The average molecular weight is 413 g/mol. The lowest BCUT2D eigenvalue weighted by atomic mass is 10.2. The number of amides is 1. The number of anilines is 1. The summed E-state index contributed by atoms with van der Waals surface area (Å²) in [5.74, 6) is 2.44. The molecule has 2 aromatic rings. The number of hydrogen-bond acceptors (Lipinski definition) is 6. The minimum atomic E-state index is -3.65. The van der Waals surface area contributed by atoms with Gasteiger partial charge in [-0.1, -0.05) is 6.07 Å². The van der Waals surface area contributed by atoms with Crippen molar-refractivity contribution in [2.45, 2.75) is 18.7 Å². The molecule has 1 N–H and O–H groups in total. The zero-order chi connectivity index (χ0) is 19.9. The predicted molar refractivity (Wildman–Crippen MR) is 108 cm³/mol. The lowest BCUT2D eigenvalue weighted by Gasteiger charge is -2.28. The summed E-state index contributed by atoms with van der Waals surface area (Å²) >= 11 is 1.62. The molecule has 0 aliphatic heterocycles. The molecule has 0 radical (unpaired) electrons. The maximum atomic E-state index is 12.5. The van der Waals surface area contributed by atoms with E-state index in [1.165, 1.54) is 7.11 Å². The summed E-state index contributed by atoms with van der Waals surface area (Å²) in [5, 5.41) is 2.79. The van der Waals surface area contributed by atoms with E-state index in [1.807, 2.05) is 12.1 Å². The first-order chi connectivity index (χ1) is 12.8. The molecular weight excluding hydrogens is 388 g/mol. The van der Waals surface area contributed by atoms with E-state index in [-0.39, 0.29) is 5.91 Å². The van der Waals surface area contributed by atoms with Crippen molar-refractivity contribution in [2.75, 3.05) is 30.0 Å². The van der Waals surface area contributed by atoms with E-state index in [9.17, 15) is 13.2 Å². The Morgan fingerprint density at radius 1 is 1.33 bits per heavy atom. The Kier molecular flexibility index (Phi) is 7.61. The second kappa shape index (κ2) is 9.70. The molecule has 1 aromatic carbocycles. The first kappa shape index (κ1) is 21.2. The van der Waals surface area contributed by atoms with E-state index in [0.29, 0.717) is 23.7 Å². The minimum absolute atomic E-state index is 0.359. The van der Waals surface area contributed by atoms with Crippen LogP contribution in [-0.4, -0.2) is 46.0 Å². The number of methoxy groups -OCH3 is 1. The van der Waals surface area contributed by atoms with Crippen LogP contribution < -0.4 is 14.4 Å². The van der Waals surface area contributed by atoms with Gasteiger partial charge >= 0.3 is 0 Å². The van der Waals surface area contributed by atoms with Crippen LogP contribution in [0.3, 0.4) is 0 Å². The van der Waals surface area contributed by atoms with Crippen LogP contribution >= 0.6 is 11.8 Å². The van der Waals surface area contributed by atoms with Gasteiger partial charge in [0.1, 0.15) is 17.6 Å². The normalized spacial score (nSPS) is 12.4. The molecule has 2 rings (SSSR count). The summed E-state index contributed by atoms with van der Waals surface area (Å²) in [5.41, 5.74) is 0.381. The van der Waals surface area contributed by atoms with Gasteiger partial charge in [-0.3, -0.25) is 9.10 Å². The lowest BCUT2D eigenvalue weighted by Crippen LogP contribution is -2.48. The number of thioether (sulfide) groups is 1. The highest BCUT2D eigenvalue weighted by molar-refractivity contribution is 7.98. The van der Waals surface area contributed by atoms with Gasteiger partial charge in [0.05, 0.1) is 31.1 Å². The van der Waals surface area contributed by atoms with Gasteiger partial charge in [-0.05, 0) is 31.2 Å². The van der Waals surface area contributed by atoms with Gasteiger partial charge in [0.2, 0.25) is 15.9 Å². The quantitative estimate of drug-likeness (QED) is 0.603. The van der Waals surface area contributed by atoms with Crippen LogP contribution in [0.5, 0.6) is 5.75 Å². The van der Waals surface area contributed by atoms with Crippen LogP contribution in [0.1, 0.15) is 12.7 Å². The van der Waals surface area contributed by atoms with Gasteiger partial charge < -0.3 is 14.5 Å². The third-order valence-electron chi connectivity index (χ3n) is 3.77. The number of benzene rings is 1. The Bertz CT molecular complexity index is 837. The number of sulfonamides is 1. The van der Waals surface area contributed by atoms with Crippen molar-refractivity contribution in [3.63, 3.8) is 0 Å². The van der Waals surface area contributed by atoms with Crippen molar-refractivity contribution in [3.05, 3.63) is 48.4 Å². The smallest absolute Gasteiger partial charge is 0.243 e. The fourth-order valence-corrected chi connectivity index (χ4v) is 4.44. The van der Waals surface area contributed by atoms with Gasteiger partial charge in [0, 0.05) is 18.4 Å². The van der Waals surface area contributed by atoms with Crippen molar-refractivity contribution in [3.8, 4) is 5.75 Å². The van der Waals surface area contributed by atoms with Gasteiger partial charge in [-0.25, -0.2) is 8.42 Å². The van der Waals surface area contributed by atoms with Crippen molar-refractivity contribution in [1.82, 2.24) is 5.32 Å². The number of carbonyl (C=O) groups is 1. The van der Waals surface area contributed by atoms with Crippen LogP contribution in [0, 0.1) is 0 Å². The Morgan fingerprint density at radius 2 is 2.11 bits per heavy atom. The summed E-state index contributed by atoms with van der Waals surface area (Å²) in [6, 6.07) is 9.45. The van der Waals surface area contributed by atoms with E-state index in [4.69, 9.17) is 9.15 Å².